The van der Waals surface area contributed by atoms with Crippen molar-refractivity contribution in [2.75, 3.05) is 0 Å². The van der Waals surface area contributed by atoms with Gasteiger partial charge in [0.15, 0.2) is 0 Å². The molecule has 0 aromatic carbocycles. The molecular weight excluding hydrogens is 150 g/mol. The molecule has 1 aromatic heterocycles. The minimum atomic E-state index is -0.786. The van der Waals surface area contributed by atoms with Gasteiger partial charge in [0.05, 0.1) is 0 Å². The third kappa shape index (κ3) is 0.985. The average molecular weight is 166 g/mol. The maximum atomic E-state index is 10.4. The van der Waals surface area contributed by atoms with Crippen LogP contribution >= 0.6 is 0 Å². The zero-order chi connectivity index (χ0) is 9.31. The van der Waals surface area contributed by atoms with Gasteiger partial charge in [-0.25, -0.2) is 0 Å². The van der Waals surface area contributed by atoms with Gasteiger partial charge >= 0.3 is 0 Å². The fraction of sp³-hybridized carbons (Fsp3) is 0.600. The molecule has 1 saturated carbocycles. The summed E-state index contributed by atoms with van der Waals surface area (Å²) in [4.78, 5) is 0. The molecular formula is C10H15NO. The first-order chi connectivity index (χ1) is 6.27. The number of hydrogen-bond acceptors (Lipinski definition) is 1. The maximum Gasteiger partial charge on any atom is 0.143 e. The first kappa shape index (κ1) is 6.72. The molecule has 1 fully saturated rings. The van der Waals surface area contributed by atoms with Crippen LogP contribution in [0.3, 0.4) is 0 Å². The fourth-order valence-corrected chi connectivity index (χ4v) is 1.98. The second-order valence-corrected chi connectivity index (χ2v) is 3.56. The molecule has 0 spiro atoms. The summed E-state index contributed by atoms with van der Waals surface area (Å²) in [5.74, 6) is 0.0971. The van der Waals surface area contributed by atoms with Crippen LogP contribution in [-0.4, -0.2) is 9.67 Å². The van der Waals surface area contributed by atoms with E-state index >= 15 is 0 Å². The normalized spacial score (nSPS) is 36.8. The number of rotatable bonds is 1. The largest absolute Gasteiger partial charge is 0.370 e. The van der Waals surface area contributed by atoms with Crippen LogP contribution in [0.25, 0.3) is 0 Å². The first-order valence-electron chi connectivity index (χ1n) is 5.13. The summed E-state index contributed by atoms with van der Waals surface area (Å²) in [7, 11) is 0. The van der Waals surface area contributed by atoms with Crippen LogP contribution in [0.1, 0.15) is 27.5 Å². The number of nitrogens with zero attached hydrogens (tertiary/aromatic N) is 1. The molecule has 1 aliphatic rings. The zero-order valence-electron chi connectivity index (χ0n) is 8.11. The summed E-state index contributed by atoms with van der Waals surface area (Å²) >= 11 is 0. The van der Waals surface area contributed by atoms with E-state index in [-0.39, 0.29) is 5.92 Å². The topological polar surface area (TPSA) is 25.2 Å². The van der Waals surface area contributed by atoms with Gasteiger partial charge in [-0.05, 0) is 31.4 Å². The summed E-state index contributed by atoms with van der Waals surface area (Å²) in [6, 6.07) is 3.83. The monoisotopic (exact) mass is 166 g/mol. The van der Waals surface area contributed by atoms with Crippen LogP contribution in [0.4, 0.5) is 0 Å². The Bertz CT molecular complexity index is 272. The van der Waals surface area contributed by atoms with E-state index in [1.54, 1.807) is 0 Å². The van der Waals surface area contributed by atoms with Gasteiger partial charge < -0.3 is 9.67 Å². The van der Waals surface area contributed by atoms with Crippen LogP contribution in [0.15, 0.2) is 24.5 Å². The van der Waals surface area contributed by atoms with Gasteiger partial charge in [0.1, 0.15) is 5.72 Å². The van der Waals surface area contributed by atoms with Gasteiger partial charge in [-0.1, -0.05) is 6.90 Å². The van der Waals surface area contributed by atoms with Gasteiger partial charge in [-0.15, -0.1) is 0 Å². The van der Waals surface area contributed by atoms with E-state index in [2.05, 4.69) is 0 Å². The molecule has 66 valence electrons. The van der Waals surface area contributed by atoms with Crippen molar-refractivity contribution in [1.29, 1.82) is 0 Å². The molecule has 1 aromatic rings. The van der Waals surface area contributed by atoms with Crippen molar-refractivity contribution in [3.05, 3.63) is 24.5 Å². The lowest BCUT2D eigenvalue weighted by molar-refractivity contribution is -0.0667. The van der Waals surface area contributed by atoms with Crippen molar-refractivity contribution in [2.45, 2.75) is 31.9 Å². The molecule has 1 heterocycles. The zero-order valence-corrected chi connectivity index (χ0v) is 7.11. The smallest absolute Gasteiger partial charge is 0.143 e. The lowest BCUT2D eigenvalue weighted by Gasteiger charge is -2.29. The quantitative estimate of drug-likeness (QED) is 0.677. The summed E-state index contributed by atoms with van der Waals surface area (Å²) in [5, 5.41) is 10.4. The van der Waals surface area contributed by atoms with Crippen molar-refractivity contribution < 1.29 is 6.48 Å². The van der Waals surface area contributed by atoms with Crippen LogP contribution in [0, 0.1) is 5.92 Å². The van der Waals surface area contributed by atoms with E-state index in [9.17, 15) is 5.11 Å². The van der Waals surface area contributed by atoms with E-state index in [4.69, 9.17) is 1.37 Å². The Hall–Kier alpha value is -0.760. The molecule has 0 radical (unpaired) electrons. The van der Waals surface area contributed by atoms with Gasteiger partial charge in [0.25, 0.3) is 0 Å². The van der Waals surface area contributed by atoms with Crippen molar-refractivity contribution in [1.82, 2.24) is 4.57 Å². The maximum absolute atomic E-state index is 10.4. The van der Waals surface area contributed by atoms with E-state index < -0.39 is 5.72 Å². The van der Waals surface area contributed by atoms with E-state index in [1.165, 1.54) is 0 Å². The molecule has 0 aliphatic heterocycles. The SMILES string of the molecule is [2H]CC1CCCC1(O)n1cccc1. The minimum Gasteiger partial charge on any atom is -0.370 e. The Labute approximate surface area is 74.2 Å². The average Bonchev–Trinajstić information content (AvgIpc) is 2.72. The lowest BCUT2D eigenvalue weighted by atomic mass is 10.0. The van der Waals surface area contributed by atoms with E-state index in [0.717, 1.165) is 19.3 Å². The highest BCUT2D eigenvalue weighted by atomic mass is 16.3. The van der Waals surface area contributed by atoms with Crippen molar-refractivity contribution >= 4 is 0 Å². The molecule has 2 nitrogen and oxygen atoms in total. The Morgan fingerprint density at radius 1 is 1.58 bits per heavy atom. The summed E-state index contributed by atoms with van der Waals surface area (Å²) in [6.45, 7) is 0.314. The molecule has 0 amide bonds. The number of aromatic nitrogens is 1. The Kier molecular flexibility index (Phi) is 1.47. The van der Waals surface area contributed by atoms with Gasteiger partial charge in [-0.2, -0.15) is 0 Å². The molecule has 12 heavy (non-hydrogen) atoms. The Balaban J connectivity index is 2.29. The van der Waals surface area contributed by atoms with Crippen LogP contribution in [0.2, 0.25) is 0 Å². The molecule has 2 atom stereocenters. The van der Waals surface area contributed by atoms with Gasteiger partial charge in [0.2, 0.25) is 0 Å². The van der Waals surface area contributed by atoms with Crippen molar-refractivity contribution in [3.8, 4) is 0 Å². The van der Waals surface area contributed by atoms with Gasteiger partial charge in [-0.3, -0.25) is 0 Å². The van der Waals surface area contributed by atoms with Crippen LogP contribution in [0.5, 0.6) is 0 Å². The summed E-state index contributed by atoms with van der Waals surface area (Å²) < 4.78 is 9.23. The minimum absolute atomic E-state index is 0.0971. The van der Waals surface area contributed by atoms with Crippen LogP contribution in [-0.2, 0) is 5.72 Å². The second kappa shape index (κ2) is 2.63. The molecule has 0 bridgehead atoms. The number of aliphatic hydroxyl groups is 1. The first-order valence-corrected chi connectivity index (χ1v) is 4.42. The van der Waals surface area contributed by atoms with E-state index in [1.807, 2.05) is 29.1 Å². The Morgan fingerprint density at radius 3 is 3.00 bits per heavy atom. The molecule has 0 saturated heterocycles. The lowest BCUT2D eigenvalue weighted by Crippen LogP contribution is -2.34. The third-order valence-corrected chi connectivity index (χ3v) is 2.80. The summed E-state index contributed by atoms with van der Waals surface area (Å²) in [5.41, 5.74) is -0.786. The highest BCUT2D eigenvalue weighted by Crippen LogP contribution is 2.39. The Morgan fingerprint density at radius 2 is 2.33 bits per heavy atom. The highest BCUT2D eigenvalue weighted by molar-refractivity contribution is 4.98. The predicted molar refractivity (Wildman–Crippen MR) is 47.6 cm³/mol. The molecule has 2 unspecified atom stereocenters. The van der Waals surface area contributed by atoms with Crippen molar-refractivity contribution in [2.24, 2.45) is 5.92 Å². The van der Waals surface area contributed by atoms with Crippen molar-refractivity contribution in [3.63, 3.8) is 0 Å². The predicted octanol–water partition coefficient (Wildman–Crippen LogP) is 1.95. The van der Waals surface area contributed by atoms with E-state index in [0.29, 0.717) is 6.90 Å². The molecule has 2 heteroatoms. The third-order valence-electron chi connectivity index (χ3n) is 2.80. The molecule has 1 aliphatic carbocycles. The second-order valence-electron chi connectivity index (χ2n) is 3.56. The molecule has 2 rings (SSSR count). The van der Waals surface area contributed by atoms with Crippen LogP contribution < -0.4 is 0 Å². The molecule has 1 N–H and O–H groups in total. The number of hydrogen-bond donors (Lipinski definition) is 1. The highest BCUT2D eigenvalue weighted by Gasteiger charge is 2.39. The summed E-state index contributed by atoms with van der Waals surface area (Å²) in [6.07, 6.45) is 6.55. The standard InChI is InChI=1S/C10H15NO/c1-9-5-4-6-10(9,12)11-7-2-3-8-11/h2-3,7-9,12H,4-6H2,1H3/i1D. The fourth-order valence-electron chi connectivity index (χ4n) is 1.98. The van der Waals surface area contributed by atoms with Gasteiger partial charge in [0, 0.05) is 19.7 Å².